The number of urea groups is 1. The fraction of sp³-hybridized carbons (Fsp3) is 0.491. The van der Waals surface area contributed by atoms with Crippen molar-refractivity contribution in [2.75, 3.05) is 79.1 Å². The van der Waals surface area contributed by atoms with Crippen molar-refractivity contribution >= 4 is 11.9 Å². The molecule has 4 heterocycles. The van der Waals surface area contributed by atoms with E-state index in [0.29, 0.717) is 126 Å². The molecule has 4 saturated heterocycles. The largest absolute Gasteiger partial charge is 0.416 e. The lowest BCUT2D eigenvalue weighted by atomic mass is 9.69. The molecule has 0 spiro atoms. The van der Waals surface area contributed by atoms with Crippen LogP contribution in [0.15, 0.2) is 200 Å². The van der Waals surface area contributed by atoms with Crippen molar-refractivity contribution in [2.45, 2.75) is 214 Å². The predicted octanol–water partition coefficient (Wildman–Crippen LogP) is 28.9. The van der Waals surface area contributed by atoms with Gasteiger partial charge in [-0.15, -0.1) is 0 Å². The summed E-state index contributed by atoms with van der Waals surface area (Å²) in [7, 11) is 1.53. The number of hydrogen-bond donors (Lipinski definition) is 2. The van der Waals surface area contributed by atoms with Crippen molar-refractivity contribution in [3.63, 3.8) is 0 Å². The van der Waals surface area contributed by atoms with Gasteiger partial charge < -0.3 is 49.0 Å². The van der Waals surface area contributed by atoms with Crippen molar-refractivity contribution in [3.8, 4) is 0 Å². The zero-order chi connectivity index (χ0) is 109. The van der Waals surface area contributed by atoms with Gasteiger partial charge in [0.05, 0.1) is 99.9 Å². The molecule has 20 atom stereocenters. The maximum Gasteiger partial charge on any atom is 0.416 e. The summed E-state index contributed by atoms with van der Waals surface area (Å²) in [4.78, 5) is 32.2. The highest BCUT2D eigenvalue weighted by atomic mass is 19.4. The number of aliphatic hydroxyl groups is 1. The highest BCUT2D eigenvalue weighted by Crippen LogP contribution is 2.56. The number of benzene rings is 9. The van der Waals surface area contributed by atoms with Gasteiger partial charge in [0, 0.05) is 103 Å². The predicted molar refractivity (Wildman–Crippen MR) is 499 cm³/mol. The van der Waals surface area contributed by atoms with Crippen LogP contribution in [0.2, 0.25) is 0 Å². The van der Waals surface area contributed by atoms with Crippen LogP contribution in [-0.4, -0.2) is 140 Å². The molecule has 8 fully saturated rings. The van der Waals surface area contributed by atoms with Gasteiger partial charge in [-0.2, -0.15) is 105 Å². The van der Waals surface area contributed by atoms with Crippen molar-refractivity contribution in [2.24, 2.45) is 47.3 Å². The zero-order valence-corrected chi connectivity index (χ0v) is 82.0. The Labute approximate surface area is 848 Å². The number of alkyl halides is 24. The van der Waals surface area contributed by atoms with Crippen LogP contribution >= 0.6 is 0 Å². The fourth-order valence-electron chi connectivity index (χ4n) is 23.4. The lowest BCUT2D eigenvalue weighted by Gasteiger charge is -2.41. The number of nitrogens with one attached hydrogen (secondary N) is 1. The van der Waals surface area contributed by atoms with Crippen molar-refractivity contribution in [1.82, 2.24) is 24.9 Å². The molecular formula is C110H113F28N5O7. The second-order valence-corrected chi connectivity index (χ2v) is 40.3. The van der Waals surface area contributed by atoms with E-state index in [4.69, 9.17) is 18.9 Å². The molecule has 150 heavy (non-hydrogen) atoms. The second kappa shape index (κ2) is 46.8. The first-order valence-corrected chi connectivity index (χ1v) is 49.4. The number of carbonyl (C=O) groups excluding carboxylic acids is 2. The molecule has 9 aromatic rings. The number of nitrogens with zero attached hydrogens (tertiary/aromatic N) is 4. The monoisotopic (exact) mass is 2150 g/mol. The van der Waals surface area contributed by atoms with Crippen molar-refractivity contribution in [1.29, 1.82) is 0 Å². The normalized spacial score (nSPS) is 25.2. The third kappa shape index (κ3) is 28.6. The molecule has 12 nitrogen and oxygen atoms in total. The number of fused-ring (bicyclic) bond motifs is 4. The average Bonchev–Trinajstić information content (AvgIpc) is 1.61. The molecule has 3 amide bonds. The Bertz CT molecular complexity index is 5870. The molecule has 0 bridgehead atoms. The first-order valence-electron chi connectivity index (χ1n) is 49.4. The number of halogens is 28. The van der Waals surface area contributed by atoms with Gasteiger partial charge in [0.1, 0.15) is 23.3 Å². The SMILES string of the molecule is CC(=O)N1C[C@@H]2CC[C@H](O[C@H](C)c3cc(C(F)(F)F)cc(C(F)(F)F)c3)[C@@H](c3ccc(F)cc3)[C@@H]2C1.CNC(=O)N1C[C@@H]2CC[C@H](O[C@H](C)c3cc(C(F)(F)F)cc(C(F)(F)F)c3)[C@@H](c3ccc(F)cc3)[C@@H]2C1.C[C@@H](O[C@H]1CC[C@H]2CN(CCO)C[C@H]2[C@@H]1c1ccc(F)cc1)c1cc(C(F)(F)F)cc(C(F)(F)F)c1.C[C@@H](O[C@H]1CC[C@H]2CN(CCc3ccccc3)C[C@H]2[C@@H]1c1ccc(F)cc1)c1cc(C(F)(F)F)cc(C(F)(F)F)c1. The van der Waals surface area contributed by atoms with E-state index >= 15 is 0 Å². The van der Waals surface area contributed by atoms with Crippen molar-refractivity contribution < 1.29 is 157 Å². The molecule has 17 rings (SSSR count). The fourth-order valence-corrected chi connectivity index (χ4v) is 23.4. The van der Waals surface area contributed by atoms with Crippen LogP contribution in [0.3, 0.4) is 0 Å². The van der Waals surface area contributed by atoms with Gasteiger partial charge >= 0.3 is 55.4 Å². The quantitative estimate of drug-likeness (QED) is 0.0679. The summed E-state index contributed by atoms with van der Waals surface area (Å²) in [5.74, 6) is -1.64. The number of aliphatic hydroxyl groups excluding tert-OH is 1. The standard InChI is InChI=1S/C32H32F7NO.C26H27F7N2O2.C26H26F7NO2.C26H28F7NO2/c1-20(24-15-25(31(34,35)36)17-26(16-24)32(37,38)39)41-29-12-9-23-18-40(14-13-21-5-3-2-4-6-21)19-28(23)30(29)22-7-10-27(33)11-8-22;1-14(17-9-18(25(28,29)30)11-19(10-17)26(31,32)33)37-22-8-5-16-12-35(24(36)34-2)13-21(16)23(22)15-3-6-20(27)7-4-15;1-14(18-9-19(25(28,29)30)11-20(10-18)26(31,32)33)36-23-8-5-17-12-34(15(2)35)13-22(17)24(23)16-3-6-21(27)7-4-16;1-15(18-10-19(25(28,29)30)12-20(11-18)26(31,32)33)36-23-7-4-17-13-34(8-9-35)14-22(17)24(23)16-2-5-21(27)6-3-16/h2-8,10-11,15-17,20,23,28-30H,9,12-14,18-19H2,1H3;3-4,6-7,9-11,14,16,21-23H,5,8,12-13H2,1-2H3,(H,34,36);3-4,6-7,9-11,14,17,22-24H,5,8,12-13H2,1-2H3;2-3,5-6,10-12,15,17,22-24,35H,4,7-9,13-14H2,1H3/t20-,23+,28-,29+,30+;14-,16+,21-,22+,23+;14-,17+,22-,23+,24+;15-,17+,22-,23+,24+/m1111/s1. The molecule has 4 aliphatic heterocycles. The summed E-state index contributed by atoms with van der Waals surface area (Å²) < 4.78 is 401. The maximum atomic E-state index is 13.8. The van der Waals surface area contributed by atoms with E-state index in [-0.39, 0.29) is 130 Å². The molecule has 816 valence electrons. The molecule has 0 aromatic heterocycles. The van der Waals surface area contributed by atoms with Gasteiger partial charge in [0.25, 0.3) is 0 Å². The summed E-state index contributed by atoms with van der Waals surface area (Å²) in [5, 5.41) is 12.0. The lowest BCUT2D eigenvalue weighted by Crippen LogP contribution is -2.39. The number of likely N-dealkylation sites (tertiary alicyclic amines) is 4. The third-order valence-corrected chi connectivity index (χ3v) is 30.6. The lowest BCUT2D eigenvalue weighted by molar-refractivity contribution is -0.145. The Morgan fingerprint density at radius 1 is 0.313 bits per heavy atom. The Morgan fingerprint density at radius 3 is 0.787 bits per heavy atom. The highest BCUT2D eigenvalue weighted by molar-refractivity contribution is 5.74. The van der Waals surface area contributed by atoms with Gasteiger partial charge in [-0.1, -0.05) is 78.9 Å². The van der Waals surface area contributed by atoms with E-state index < -0.39 is 160 Å². The van der Waals surface area contributed by atoms with E-state index in [0.717, 1.165) is 79.8 Å². The Morgan fingerprint density at radius 2 is 0.547 bits per heavy atom. The van der Waals surface area contributed by atoms with Crippen LogP contribution in [0.1, 0.15) is 229 Å². The number of amides is 3. The average molecular weight is 2150 g/mol. The number of β-amino-alcohol motifs (C(OH)–C–C–N with tert-alkyl or cyclic N) is 1. The highest BCUT2D eigenvalue weighted by Gasteiger charge is 2.54. The van der Waals surface area contributed by atoms with Crippen LogP contribution in [0, 0.1) is 70.6 Å². The van der Waals surface area contributed by atoms with Crippen LogP contribution in [0.5, 0.6) is 0 Å². The minimum Gasteiger partial charge on any atom is -0.395 e. The minimum absolute atomic E-state index is 0.00863. The summed E-state index contributed by atoms with van der Waals surface area (Å²) in [5.41, 5.74) is -7.49. The first-order chi connectivity index (χ1) is 70.3. The summed E-state index contributed by atoms with van der Waals surface area (Å²) in [6.07, 6.45) is -39.8. The smallest absolute Gasteiger partial charge is 0.395 e. The van der Waals surface area contributed by atoms with E-state index in [1.807, 2.05) is 18.2 Å². The molecule has 2 N–H and O–H groups in total. The van der Waals surface area contributed by atoms with Crippen LogP contribution in [0.4, 0.5) is 128 Å². The second-order valence-electron chi connectivity index (χ2n) is 40.3. The number of ether oxygens (including phenoxy) is 4. The zero-order valence-electron chi connectivity index (χ0n) is 82.0. The molecule has 4 saturated carbocycles. The molecule has 9 aromatic carbocycles. The molecule has 8 aliphatic rings. The van der Waals surface area contributed by atoms with Crippen LogP contribution < -0.4 is 5.32 Å². The van der Waals surface area contributed by atoms with E-state index in [1.54, 1.807) is 58.3 Å². The minimum atomic E-state index is -4.96. The first kappa shape index (κ1) is 115. The molecular weight excluding hydrogens is 2040 g/mol. The van der Waals surface area contributed by atoms with E-state index in [2.05, 4.69) is 27.2 Å². The Balaban J connectivity index is 0.000000158. The number of rotatable bonds is 21. The molecule has 0 unspecified atom stereocenters. The van der Waals surface area contributed by atoms with Crippen LogP contribution in [0.25, 0.3) is 0 Å². The summed E-state index contributed by atoms with van der Waals surface area (Å²) in [6.45, 7) is 13.8. The summed E-state index contributed by atoms with van der Waals surface area (Å²) >= 11 is 0. The molecule has 40 heteroatoms. The van der Waals surface area contributed by atoms with Crippen molar-refractivity contribution in [3.05, 3.63) is 318 Å². The van der Waals surface area contributed by atoms with Crippen LogP contribution in [-0.2, 0) is 79.6 Å². The number of hydrogen-bond acceptors (Lipinski definition) is 9. The topological polar surface area (TPSA) is 116 Å². The van der Waals surface area contributed by atoms with E-state index in [9.17, 15) is 138 Å². The molecule has 0 radical (unpaired) electrons. The van der Waals surface area contributed by atoms with Gasteiger partial charge in [0.2, 0.25) is 5.91 Å². The van der Waals surface area contributed by atoms with Gasteiger partial charge in [0.15, 0.2) is 0 Å². The third-order valence-electron chi connectivity index (χ3n) is 30.6. The van der Waals surface area contributed by atoms with Gasteiger partial charge in [-0.25, -0.2) is 22.4 Å². The number of carbonyl (C=O) groups is 2. The van der Waals surface area contributed by atoms with Gasteiger partial charge in [-0.3, -0.25) is 4.79 Å². The van der Waals surface area contributed by atoms with Gasteiger partial charge in [-0.05, 0) is 304 Å². The summed E-state index contributed by atoms with van der Waals surface area (Å²) in [6, 6.07) is 39.8. The maximum absolute atomic E-state index is 13.8. The Hall–Kier alpha value is -10.5. The Kier molecular flexibility index (Phi) is 35.9. The van der Waals surface area contributed by atoms with E-state index in [1.165, 1.54) is 95.8 Å². The molecule has 4 aliphatic carbocycles.